The van der Waals surface area contributed by atoms with Gasteiger partial charge in [-0.05, 0) is 18.2 Å². The Kier molecular flexibility index (Phi) is 7.56. The van der Waals surface area contributed by atoms with E-state index in [9.17, 15) is 33.8 Å². The summed E-state index contributed by atoms with van der Waals surface area (Å²) in [6, 6.07) is 5.84. The highest BCUT2D eigenvalue weighted by Gasteiger charge is 2.46. The molecule has 3 heterocycles. The van der Waals surface area contributed by atoms with Crippen molar-refractivity contribution in [2.24, 2.45) is 0 Å². The Bertz CT molecular complexity index is 1510. The quantitative estimate of drug-likeness (QED) is 0.197. The number of phosphoric acid groups is 2. The summed E-state index contributed by atoms with van der Waals surface area (Å²) in [4.78, 5) is 52.3. The summed E-state index contributed by atoms with van der Waals surface area (Å²) in [7, 11) is -9.19. The molecule has 1 aliphatic heterocycles. The number of ether oxygens (including phenoxy) is 2. The van der Waals surface area contributed by atoms with Crippen LogP contribution < -0.4 is 16.0 Å². The van der Waals surface area contributed by atoms with E-state index in [1.807, 2.05) is 0 Å². The Morgan fingerprint density at radius 3 is 2.51 bits per heavy atom. The minimum atomic E-state index is -5.38. The molecule has 1 unspecified atom stereocenters. The Hall–Kier alpha value is -2.69. The fourth-order valence-electron chi connectivity index (χ4n) is 3.65. The molecule has 0 radical (unpaired) electrons. The van der Waals surface area contributed by atoms with Gasteiger partial charge in [0.15, 0.2) is 11.8 Å². The van der Waals surface area contributed by atoms with Gasteiger partial charge in [-0.3, -0.25) is 18.5 Å². The van der Waals surface area contributed by atoms with Gasteiger partial charge in [0.2, 0.25) is 0 Å². The second-order valence-electron chi connectivity index (χ2n) is 7.80. The summed E-state index contributed by atoms with van der Waals surface area (Å²) < 4.78 is 47.9. The molecule has 0 saturated carbocycles. The number of methoxy groups -OCH3 is 1. The molecular weight excluding hydrogens is 544 g/mol. The number of hydrogen-bond donors (Lipinski definition) is 5. The molecule has 202 valence electrons. The van der Waals surface area contributed by atoms with E-state index >= 15 is 0 Å². The third-order valence-corrected chi connectivity index (χ3v) is 7.53. The number of rotatable bonds is 9. The van der Waals surface area contributed by atoms with Gasteiger partial charge < -0.3 is 38.9 Å². The number of aliphatic hydroxyl groups is 2. The average molecular weight is 565 g/mol. The average Bonchev–Trinajstić information content (AvgIpc) is 3.34. The number of aromatic nitrogens is 3. The first kappa shape index (κ1) is 27.3. The van der Waals surface area contributed by atoms with Gasteiger partial charge in [-0.2, -0.15) is 4.31 Å². The van der Waals surface area contributed by atoms with Gasteiger partial charge in [-0.25, -0.2) is 13.9 Å². The van der Waals surface area contributed by atoms with Gasteiger partial charge in [0.25, 0.3) is 5.56 Å². The van der Waals surface area contributed by atoms with E-state index in [0.29, 0.717) is 16.7 Å². The third kappa shape index (κ3) is 5.91. The minimum Gasteiger partial charge on any atom is -0.497 e. The molecule has 1 aliphatic rings. The van der Waals surface area contributed by atoms with Crippen LogP contribution in [-0.2, 0) is 29.2 Å². The normalized spacial score (nSPS) is 23.8. The molecule has 2 aromatic heterocycles. The van der Waals surface area contributed by atoms with Crippen LogP contribution >= 0.6 is 15.6 Å². The smallest absolute Gasteiger partial charge is 0.481 e. The van der Waals surface area contributed by atoms with Gasteiger partial charge in [-0.15, -0.1) is 0 Å². The first-order valence-corrected chi connectivity index (χ1v) is 13.3. The Morgan fingerprint density at radius 1 is 1.11 bits per heavy atom. The van der Waals surface area contributed by atoms with E-state index in [4.69, 9.17) is 23.8 Å². The van der Waals surface area contributed by atoms with Crippen molar-refractivity contribution in [1.29, 1.82) is 0 Å². The zero-order valence-corrected chi connectivity index (χ0v) is 20.5. The van der Waals surface area contributed by atoms with Crippen LogP contribution in [0.4, 0.5) is 0 Å². The van der Waals surface area contributed by atoms with Gasteiger partial charge in [-0.1, -0.05) is 5.16 Å². The second kappa shape index (κ2) is 10.2. The van der Waals surface area contributed by atoms with Crippen LogP contribution in [0.25, 0.3) is 11.0 Å². The van der Waals surface area contributed by atoms with Crippen molar-refractivity contribution in [2.75, 3.05) is 13.7 Å². The summed E-state index contributed by atoms with van der Waals surface area (Å²) in [5, 5.41) is 25.1. The summed E-state index contributed by atoms with van der Waals surface area (Å²) in [5.74, 6) is 0.484. The van der Waals surface area contributed by atoms with E-state index in [-0.39, 0.29) is 12.2 Å². The maximum absolute atomic E-state index is 13.1. The van der Waals surface area contributed by atoms with Crippen LogP contribution in [0.3, 0.4) is 0 Å². The molecular formula is C18H21N3O14P2. The molecule has 1 saturated heterocycles. The van der Waals surface area contributed by atoms with Crippen molar-refractivity contribution in [1.82, 2.24) is 14.3 Å². The SMILES string of the molecule is COc1ccc2onc(Cn3c(=O)ccn([C@@H]4O[C@H](COP(=O)(O)OP(=O)(O)O)[C@@H](O)[C@H]4O)c3=O)c2c1. The fraction of sp³-hybridized carbons (Fsp3) is 0.389. The molecule has 37 heavy (non-hydrogen) atoms. The van der Waals surface area contributed by atoms with Crippen molar-refractivity contribution in [3.05, 3.63) is 57.0 Å². The minimum absolute atomic E-state index is 0.230. The maximum Gasteiger partial charge on any atom is 0.481 e. The van der Waals surface area contributed by atoms with Crippen molar-refractivity contribution >= 4 is 26.6 Å². The lowest BCUT2D eigenvalue weighted by Crippen LogP contribution is -2.43. The number of nitrogens with zero attached hydrogens (tertiary/aromatic N) is 3. The molecule has 1 aromatic carbocycles. The van der Waals surface area contributed by atoms with Crippen LogP contribution in [0.5, 0.6) is 5.75 Å². The lowest BCUT2D eigenvalue weighted by atomic mass is 10.1. The topological polar surface area (TPSA) is 242 Å². The summed E-state index contributed by atoms with van der Waals surface area (Å²) in [6.07, 6.45) is -5.62. The third-order valence-electron chi connectivity index (χ3n) is 5.38. The molecule has 4 rings (SSSR count). The highest BCUT2D eigenvalue weighted by atomic mass is 31.3. The van der Waals surface area contributed by atoms with Crippen LogP contribution in [0.15, 0.2) is 44.6 Å². The maximum atomic E-state index is 13.1. The van der Waals surface area contributed by atoms with E-state index in [1.54, 1.807) is 18.2 Å². The number of hydrogen-bond acceptors (Lipinski definition) is 12. The molecule has 1 fully saturated rings. The van der Waals surface area contributed by atoms with E-state index in [0.717, 1.165) is 21.4 Å². The lowest BCUT2D eigenvalue weighted by Gasteiger charge is -2.19. The predicted molar refractivity (Wildman–Crippen MR) is 119 cm³/mol. The molecule has 3 aromatic rings. The van der Waals surface area contributed by atoms with Crippen molar-refractivity contribution < 1.29 is 56.9 Å². The van der Waals surface area contributed by atoms with Gasteiger partial charge in [0.05, 0.1) is 25.6 Å². The monoisotopic (exact) mass is 565 g/mol. The molecule has 17 nitrogen and oxygen atoms in total. The molecule has 5 N–H and O–H groups in total. The Labute approximate surface area is 205 Å². The molecule has 0 spiro atoms. The van der Waals surface area contributed by atoms with Crippen molar-refractivity contribution in [2.45, 2.75) is 31.1 Å². The van der Waals surface area contributed by atoms with E-state index in [1.165, 1.54) is 7.11 Å². The first-order valence-electron chi connectivity index (χ1n) is 10.3. The number of benzene rings is 1. The van der Waals surface area contributed by atoms with Crippen LogP contribution in [0, 0.1) is 0 Å². The highest BCUT2D eigenvalue weighted by Crippen LogP contribution is 2.57. The zero-order chi connectivity index (χ0) is 27.1. The first-order chi connectivity index (χ1) is 17.3. The molecule has 19 heteroatoms. The largest absolute Gasteiger partial charge is 0.497 e. The molecule has 0 aliphatic carbocycles. The van der Waals surface area contributed by atoms with E-state index < -0.39 is 58.0 Å². The van der Waals surface area contributed by atoms with Crippen molar-refractivity contribution in [3.63, 3.8) is 0 Å². The van der Waals surface area contributed by atoms with Crippen LogP contribution in [0.1, 0.15) is 11.9 Å². The number of fused-ring (bicyclic) bond motifs is 1. The Morgan fingerprint density at radius 2 is 1.84 bits per heavy atom. The zero-order valence-electron chi connectivity index (χ0n) is 18.8. The van der Waals surface area contributed by atoms with Crippen molar-refractivity contribution in [3.8, 4) is 5.75 Å². The molecule has 5 atom stereocenters. The highest BCUT2D eigenvalue weighted by molar-refractivity contribution is 7.60. The number of aliphatic hydroxyl groups excluding tert-OH is 2. The fourth-order valence-corrected chi connectivity index (χ4v) is 5.25. The number of phosphoric ester groups is 1. The second-order valence-corrected chi connectivity index (χ2v) is 10.6. The molecule has 0 bridgehead atoms. The predicted octanol–water partition coefficient (Wildman–Crippen LogP) is -0.946. The lowest BCUT2D eigenvalue weighted by molar-refractivity contribution is -0.0547. The van der Waals surface area contributed by atoms with Gasteiger partial charge in [0, 0.05) is 12.3 Å². The summed E-state index contributed by atoms with van der Waals surface area (Å²) in [5.41, 5.74) is -1.07. The Balaban J connectivity index is 1.58. The van der Waals surface area contributed by atoms with Crippen LogP contribution in [-0.4, -0.2) is 71.2 Å². The summed E-state index contributed by atoms with van der Waals surface area (Å²) in [6.45, 7) is -1.28. The summed E-state index contributed by atoms with van der Waals surface area (Å²) >= 11 is 0. The van der Waals surface area contributed by atoms with Gasteiger partial charge >= 0.3 is 21.3 Å². The van der Waals surface area contributed by atoms with E-state index in [2.05, 4.69) is 14.0 Å². The van der Waals surface area contributed by atoms with Gasteiger partial charge in [0.1, 0.15) is 29.8 Å². The molecule has 0 amide bonds. The standard InChI is InChI=1S/C18H21N3O14P2/c1-31-9-2-3-12-10(6-9)11(19-34-12)7-21-14(22)4-5-20(18(21)25)17-16(24)15(23)13(33-17)8-32-37(29,30)35-36(26,27)28/h2-6,13,15-17,23-24H,7-8H2,1H3,(H,29,30)(H2,26,27,28)/t13-,15-,16-,17-/m1/s1. The van der Waals surface area contributed by atoms with Crippen LogP contribution in [0.2, 0.25) is 0 Å².